The van der Waals surface area contributed by atoms with Gasteiger partial charge in [0, 0.05) is 30.5 Å². The van der Waals surface area contributed by atoms with E-state index < -0.39 is 0 Å². The first-order valence-electron chi connectivity index (χ1n) is 7.41. The van der Waals surface area contributed by atoms with Crippen molar-refractivity contribution in [2.24, 2.45) is 0 Å². The van der Waals surface area contributed by atoms with Crippen LogP contribution in [0.1, 0.15) is 37.7 Å². The van der Waals surface area contributed by atoms with Crippen LogP contribution < -0.4 is 10.1 Å². The Morgan fingerprint density at radius 2 is 2.10 bits per heavy atom. The standard InChI is InChI=1S/C17H23N3O/c1-5-15-9-14(11-19-12(2)3)10-17(20-15)21-16-7-6-8-18-13(16)4/h6-10,12,19H,5,11H2,1-4H3. The second kappa shape index (κ2) is 7.18. The van der Waals surface area contributed by atoms with Crippen molar-refractivity contribution < 1.29 is 4.74 Å². The number of hydrogen-bond acceptors (Lipinski definition) is 4. The molecule has 2 heterocycles. The number of aromatic nitrogens is 2. The van der Waals surface area contributed by atoms with Crippen molar-refractivity contribution in [2.45, 2.75) is 46.7 Å². The minimum atomic E-state index is 0.452. The zero-order valence-electron chi connectivity index (χ0n) is 13.2. The molecule has 0 aliphatic carbocycles. The van der Waals surface area contributed by atoms with E-state index >= 15 is 0 Å². The lowest BCUT2D eigenvalue weighted by Crippen LogP contribution is -2.22. The summed E-state index contributed by atoms with van der Waals surface area (Å²) in [5, 5.41) is 3.42. The van der Waals surface area contributed by atoms with Crippen LogP contribution in [0, 0.1) is 6.92 Å². The Balaban J connectivity index is 2.22. The first kappa shape index (κ1) is 15.4. The Hall–Kier alpha value is -1.94. The SMILES string of the molecule is CCc1cc(CNC(C)C)cc(Oc2cccnc2C)n1. The molecule has 0 aromatic carbocycles. The summed E-state index contributed by atoms with van der Waals surface area (Å²) < 4.78 is 5.90. The third-order valence-electron chi connectivity index (χ3n) is 3.16. The summed E-state index contributed by atoms with van der Waals surface area (Å²) in [5.74, 6) is 1.38. The van der Waals surface area contributed by atoms with Crippen molar-refractivity contribution in [2.75, 3.05) is 0 Å². The molecule has 2 aromatic rings. The lowest BCUT2D eigenvalue weighted by Gasteiger charge is -2.12. The summed E-state index contributed by atoms with van der Waals surface area (Å²) >= 11 is 0. The van der Waals surface area contributed by atoms with E-state index in [1.165, 1.54) is 5.56 Å². The number of rotatable bonds is 6. The van der Waals surface area contributed by atoms with Gasteiger partial charge < -0.3 is 10.1 Å². The van der Waals surface area contributed by atoms with Crippen LogP contribution >= 0.6 is 0 Å². The molecule has 1 N–H and O–H groups in total. The maximum absolute atomic E-state index is 5.90. The molecular formula is C17H23N3O. The third-order valence-corrected chi connectivity index (χ3v) is 3.16. The molecule has 112 valence electrons. The van der Waals surface area contributed by atoms with Crippen LogP contribution in [-0.4, -0.2) is 16.0 Å². The van der Waals surface area contributed by atoms with Crippen LogP contribution in [0.3, 0.4) is 0 Å². The average molecular weight is 285 g/mol. The van der Waals surface area contributed by atoms with Gasteiger partial charge in [0.1, 0.15) is 0 Å². The van der Waals surface area contributed by atoms with Gasteiger partial charge in [0.25, 0.3) is 0 Å². The Kier molecular flexibility index (Phi) is 5.28. The maximum atomic E-state index is 5.90. The zero-order valence-corrected chi connectivity index (χ0v) is 13.2. The highest BCUT2D eigenvalue weighted by Crippen LogP contribution is 2.23. The van der Waals surface area contributed by atoms with Crippen LogP contribution in [0.25, 0.3) is 0 Å². The molecule has 0 fully saturated rings. The van der Waals surface area contributed by atoms with Crippen LogP contribution in [0.2, 0.25) is 0 Å². The average Bonchev–Trinajstić information content (AvgIpc) is 2.47. The summed E-state index contributed by atoms with van der Waals surface area (Å²) in [7, 11) is 0. The molecule has 0 unspecified atom stereocenters. The van der Waals surface area contributed by atoms with Crippen LogP contribution in [0.4, 0.5) is 0 Å². The number of ether oxygens (including phenoxy) is 1. The normalized spacial score (nSPS) is 10.9. The minimum Gasteiger partial charge on any atom is -0.437 e. The number of nitrogens with one attached hydrogen (secondary N) is 1. The predicted molar refractivity (Wildman–Crippen MR) is 84.6 cm³/mol. The molecule has 21 heavy (non-hydrogen) atoms. The van der Waals surface area contributed by atoms with E-state index in [4.69, 9.17) is 4.74 Å². The Morgan fingerprint density at radius 3 is 2.76 bits per heavy atom. The molecule has 0 spiro atoms. The van der Waals surface area contributed by atoms with Crippen molar-refractivity contribution in [1.29, 1.82) is 0 Å². The highest BCUT2D eigenvalue weighted by Gasteiger charge is 2.07. The van der Waals surface area contributed by atoms with Crippen molar-refractivity contribution in [3.8, 4) is 11.6 Å². The largest absolute Gasteiger partial charge is 0.437 e. The molecule has 0 saturated carbocycles. The Morgan fingerprint density at radius 1 is 1.29 bits per heavy atom. The Labute approximate surface area is 126 Å². The van der Waals surface area contributed by atoms with Gasteiger partial charge in [0.15, 0.2) is 5.75 Å². The summed E-state index contributed by atoms with van der Waals surface area (Å²) in [6, 6.07) is 8.34. The molecule has 0 aliphatic rings. The Bertz CT molecular complexity index is 596. The number of pyridine rings is 2. The highest BCUT2D eigenvalue weighted by molar-refractivity contribution is 5.32. The molecule has 4 heteroatoms. The molecule has 0 saturated heterocycles. The van der Waals surface area contributed by atoms with Crippen molar-refractivity contribution in [3.63, 3.8) is 0 Å². The van der Waals surface area contributed by atoms with E-state index in [0.717, 1.165) is 30.1 Å². The second-order valence-corrected chi connectivity index (χ2v) is 5.38. The van der Waals surface area contributed by atoms with Gasteiger partial charge in [0.2, 0.25) is 5.88 Å². The van der Waals surface area contributed by atoms with Gasteiger partial charge in [-0.25, -0.2) is 4.98 Å². The molecule has 0 aliphatic heterocycles. The fraction of sp³-hybridized carbons (Fsp3) is 0.412. The van der Waals surface area contributed by atoms with Crippen LogP contribution in [0.15, 0.2) is 30.5 Å². The molecule has 0 bridgehead atoms. The second-order valence-electron chi connectivity index (χ2n) is 5.38. The quantitative estimate of drug-likeness (QED) is 0.880. The van der Waals surface area contributed by atoms with E-state index in [2.05, 4.69) is 42.1 Å². The van der Waals surface area contributed by atoms with Crippen LogP contribution in [-0.2, 0) is 13.0 Å². The molecule has 4 nitrogen and oxygen atoms in total. The van der Waals surface area contributed by atoms with Gasteiger partial charge in [-0.1, -0.05) is 20.8 Å². The van der Waals surface area contributed by atoms with Crippen molar-refractivity contribution in [1.82, 2.24) is 15.3 Å². The first-order valence-corrected chi connectivity index (χ1v) is 7.41. The van der Waals surface area contributed by atoms with E-state index in [1.807, 2.05) is 25.1 Å². The summed E-state index contributed by atoms with van der Waals surface area (Å²) in [4.78, 5) is 8.77. The van der Waals surface area contributed by atoms with Gasteiger partial charge in [-0.15, -0.1) is 0 Å². The summed E-state index contributed by atoms with van der Waals surface area (Å²) in [6.07, 6.45) is 2.65. The number of aryl methyl sites for hydroxylation is 2. The van der Waals surface area contributed by atoms with Gasteiger partial charge in [0.05, 0.1) is 5.69 Å². The third kappa shape index (κ3) is 4.53. The maximum Gasteiger partial charge on any atom is 0.219 e. The molecular weight excluding hydrogens is 262 g/mol. The van der Waals surface area contributed by atoms with E-state index in [0.29, 0.717) is 11.9 Å². The van der Waals surface area contributed by atoms with E-state index in [9.17, 15) is 0 Å². The molecule has 0 atom stereocenters. The predicted octanol–water partition coefficient (Wildman–Crippen LogP) is 3.64. The highest BCUT2D eigenvalue weighted by atomic mass is 16.5. The molecule has 2 aromatic heterocycles. The van der Waals surface area contributed by atoms with Gasteiger partial charge in [-0.2, -0.15) is 0 Å². The smallest absolute Gasteiger partial charge is 0.219 e. The summed E-state index contributed by atoms with van der Waals surface area (Å²) in [6.45, 7) is 9.12. The monoisotopic (exact) mass is 285 g/mol. The van der Waals surface area contributed by atoms with Crippen LogP contribution in [0.5, 0.6) is 11.6 Å². The topological polar surface area (TPSA) is 47.0 Å². The number of hydrogen-bond donors (Lipinski definition) is 1. The molecule has 2 rings (SSSR count). The van der Waals surface area contributed by atoms with Gasteiger partial charge in [-0.05, 0) is 37.1 Å². The molecule has 0 radical (unpaired) electrons. The molecule has 0 amide bonds. The van der Waals surface area contributed by atoms with Crippen molar-refractivity contribution in [3.05, 3.63) is 47.4 Å². The zero-order chi connectivity index (χ0) is 15.2. The fourth-order valence-electron chi connectivity index (χ4n) is 1.97. The minimum absolute atomic E-state index is 0.452. The van der Waals surface area contributed by atoms with E-state index in [-0.39, 0.29) is 0 Å². The lowest BCUT2D eigenvalue weighted by atomic mass is 10.2. The lowest BCUT2D eigenvalue weighted by molar-refractivity contribution is 0.453. The summed E-state index contributed by atoms with van der Waals surface area (Å²) in [5.41, 5.74) is 3.09. The fourth-order valence-corrected chi connectivity index (χ4v) is 1.97. The first-order chi connectivity index (χ1) is 10.1. The number of nitrogens with zero attached hydrogens (tertiary/aromatic N) is 2. The van der Waals surface area contributed by atoms with Gasteiger partial charge >= 0.3 is 0 Å². The van der Waals surface area contributed by atoms with Gasteiger partial charge in [-0.3, -0.25) is 4.98 Å². The van der Waals surface area contributed by atoms with Crippen molar-refractivity contribution >= 4 is 0 Å². The van der Waals surface area contributed by atoms with E-state index in [1.54, 1.807) is 6.20 Å².